The van der Waals surface area contributed by atoms with Gasteiger partial charge in [-0.15, -0.1) is 6.58 Å². The molecule has 0 saturated carbocycles. The van der Waals surface area contributed by atoms with Crippen LogP contribution in [0.3, 0.4) is 0 Å². The molecule has 0 bridgehead atoms. The summed E-state index contributed by atoms with van der Waals surface area (Å²) in [5.41, 5.74) is 0. The number of hydrogen-bond donors (Lipinski definition) is 0. The fourth-order valence-electron chi connectivity index (χ4n) is 1.84. The van der Waals surface area contributed by atoms with E-state index in [9.17, 15) is 13.2 Å². The van der Waals surface area contributed by atoms with E-state index in [1.54, 1.807) is 4.90 Å². The van der Waals surface area contributed by atoms with Crippen molar-refractivity contribution in [3.8, 4) is 0 Å². The molecule has 1 fully saturated rings. The molecule has 0 aliphatic carbocycles. The van der Waals surface area contributed by atoms with Gasteiger partial charge >= 0.3 is 0 Å². The normalized spacial score (nSPS) is 17.9. The molecule has 0 aromatic rings. The van der Waals surface area contributed by atoms with Crippen molar-refractivity contribution in [2.45, 2.75) is 25.7 Å². The Balaban J connectivity index is 2.53. The highest BCUT2D eigenvalue weighted by Crippen LogP contribution is 2.10. The molecule has 0 radical (unpaired) electrons. The summed E-state index contributed by atoms with van der Waals surface area (Å²) >= 11 is 0. The van der Waals surface area contributed by atoms with E-state index in [1.807, 2.05) is 0 Å². The first-order valence-electron chi connectivity index (χ1n) is 5.64. The molecule has 0 aromatic heterocycles. The van der Waals surface area contributed by atoms with Crippen molar-refractivity contribution in [3.63, 3.8) is 0 Å². The van der Waals surface area contributed by atoms with Crippen molar-refractivity contribution < 1.29 is 13.2 Å². The van der Waals surface area contributed by atoms with Crippen LogP contribution in [0.5, 0.6) is 0 Å². The third-order valence-electron chi connectivity index (χ3n) is 2.67. The molecule has 1 aliphatic rings. The van der Waals surface area contributed by atoms with Crippen molar-refractivity contribution >= 4 is 15.7 Å². The first kappa shape index (κ1) is 13.2. The summed E-state index contributed by atoms with van der Waals surface area (Å²) < 4.78 is 22.9. The van der Waals surface area contributed by atoms with E-state index in [-0.39, 0.29) is 17.4 Å². The summed E-state index contributed by atoms with van der Waals surface area (Å²) in [5.74, 6) is -0.755. The number of carbonyl (C=O) groups excluding carboxylic acids is 1. The van der Waals surface area contributed by atoms with Gasteiger partial charge in [0, 0.05) is 13.1 Å². The molecule has 92 valence electrons. The smallest absolute Gasteiger partial charge is 0.237 e. The zero-order valence-electron chi connectivity index (χ0n) is 9.52. The first-order valence-corrected chi connectivity index (χ1v) is 7.46. The monoisotopic (exact) mass is 245 g/mol. The third kappa shape index (κ3) is 4.35. The molecule has 0 N–H and O–H groups in total. The lowest BCUT2D eigenvalue weighted by atomic mass is 10.2. The van der Waals surface area contributed by atoms with Gasteiger partial charge in [-0.3, -0.25) is 4.79 Å². The minimum absolute atomic E-state index is 0.118. The van der Waals surface area contributed by atoms with Gasteiger partial charge in [-0.1, -0.05) is 18.9 Å². The number of likely N-dealkylation sites (tertiary alicyclic amines) is 1. The first-order chi connectivity index (χ1) is 7.55. The maximum Gasteiger partial charge on any atom is 0.237 e. The molecule has 5 heteroatoms. The number of sulfone groups is 1. The summed E-state index contributed by atoms with van der Waals surface area (Å²) in [6.45, 7) is 4.77. The summed E-state index contributed by atoms with van der Waals surface area (Å²) in [4.78, 5) is 13.4. The van der Waals surface area contributed by atoms with E-state index in [4.69, 9.17) is 0 Å². The van der Waals surface area contributed by atoms with Gasteiger partial charge in [-0.2, -0.15) is 0 Å². The van der Waals surface area contributed by atoms with Crippen LogP contribution in [0.2, 0.25) is 0 Å². The zero-order chi connectivity index (χ0) is 12.0. The second kappa shape index (κ2) is 6.03. The Hall–Kier alpha value is -0.840. The van der Waals surface area contributed by atoms with E-state index in [1.165, 1.54) is 6.08 Å². The van der Waals surface area contributed by atoms with Crippen LogP contribution in [0.15, 0.2) is 12.7 Å². The highest BCUT2D eigenvalue weighted by Gasteiger charge is 2.21. The molecule has 0 atom stereocenters. The molecular weight excluding hydrogens is 226 g/mol. The van der Waals surface area contributed by atoms with Crippen molar-refractivity contribution in [2.24, 2.45) is 0 Å². The van der Waals surface area contributed by atoms with Gasteiger partial charge < -0.3 is 4.90 Å². The average molecular weight is 245 g/mol. The summed E-state index contributed by atoms with van der Waals surface area (Å²) in [6.07, 6.45) is 5.54. The van der Waals surface area contributed by atoms with Crippen LogP contribution in [-0.4, -0.2) is 43.8 Å². The van der Waals surface area contributed by atoms with Crippen molar-refractivity contribution in [1.29, 1.82) is 0 Å². The van der Waals surface area contributed by atoms with Gasteiger partial charge in [-0.05, 0) is 12.8 Å². The van der Waals surface area contributed by atoms with Gasteiger partial charge in [0.05, 0.1) is 5.75 Å². The van der Waals surface area contributed by atoms with Crippen molar-refractivity contribution in [2.75, 3.05) is 24.6 Å². The van der Waals surface area contributed by atoms with Crippen molar-refractivity contribution in [3.05, 3.63) is 12.7 Å². The Bertz CT molecular complexity index is 340. The number of nitrogens with zero attached hydrogens (tertiary/aromatic N) is 1. The van der Waals surface area contributed by atoms with E-state index < -0.39 is 9.84 Å². The molecule has 0 unspecified atom stereocenters. The zero-order valence-corrected chi connectivity index (χ0v) is 10.3. The standard InChI is InChI=1S/C11H19NO3S/c1-2-9-16(14,15)10-11(13)12-7-5-3-4-6-8-12/h2H,1,3-10H2. The maximum atomic E-state index is 11.8. The Morgan fingerprint density at radius 1 is 1.19 bits per heavy atom. The fraction of sp³-hybridized carbons (Fsp3) is 0.727. The van der Waals surface area contributed by atoms with Gasteiger partial charge in [0.15, 0.2) is 9.84 Å². The predicted octanol–water partition coefficient (Wildman–Crippen LogP) is 0.990. The molecule has 4 nitrogen and oxygen atoms in total. The van der Waals surface area contributed by atoms with E-state index >= 15 is 0 Å². The second-order valence-corrected chi connectivity index (χ2v) is 6.25. The SMILES string of the molecule is C=CCS(=O)(=O)CC(=O)N1CCCCCC1. The lowest BCUT2D eigenvalue weighted by Crippen LogP contribution is -2.36. The summed E-state index contributed by atoms with van der Waals surface area (Å²) in [5, 5.41) is 0. The molecule has 1 rings (SSSR count). The molecule has 0 spiro atoms. The van der Waals surface area contributed by atoms with Crippen LogP contribution < -0.4 is 0 Å². The minimum atomic E-state index is -3.30. The molecule has 16 heavy (non-hydrogen) atoms. The van der Waals surface area contributed by atoms with Gasteiger partial charge in [-0.25, -0.2) is 8.42 Å². The number of carbonyl (C=O) groups is 1. The Morgan fingerprint density at radius 2 is 1.75 bits per heavy atom. The Kier molecular flexibility index (Phi) is 4.99. The number of hydrogen-bond acceptors (Lipinski definition) is 3. The van der Waals surface area contributed by atoms with Crippen LogP contribution in [0.4, 0.5) is 0 Å². The van der Waals surface area contributed by atoms with Crippen LogP contribution >= 0.6 is 0 Å². The minimum Gasteiger partial charge on any atom is -0.342 e. The molecule has 1 amide bonds. The maximum absolute atomic E-state index is 11.8. The van der Waals surface area contributed by atoms with Gasteiger partial charge in [0.25, 0.3) is 0 Å². The van der Waals surface area contributed by atoms with E-state index in [0.29, 0.717) is 13.1 Å². The molecule has 1 heterocycles. The van der Waals surface area contributed by atoms with Crippen LogP contribution in [0, 0.1) is 0 Å². The predicted molar refractivity (Wildman–Crippen MR) is 63.9 cm³/mol. The van der Waals surface area contributed by atoms with Crippen molar-refractivity contribution in [1.82, 2.24) is 4.90 Å². The van der Waals surface area contributed by atoms with E-state index in [2.05, 4.69) is 6.58 Å². The van der Waals surface area contributed by atoms with Crippen LogP contribution in [0.1, 0.15) is 25.7 Å². The Labute approximate surface area is 97.2 Å². The fourth-order valence-corrected chi connectivity index (χ4v) is 2.87. The highest BCUT2D eigenvalue weighted by molar-refractivity contribution is 7.92. The quantitative estimate of drug-likeness (QED) is 0.694. The molecule has 1 aliphatic heterocycles. The van der Waals surface area contributed by atoms with Crippen LogP contribution in [0.25, 0.3) is 0 Å². The van der Waals surface area contributed by atoms with Gasteiger partial charge in [0.1, 0.15) is 5.75 Å². The topological polar surface area (TPSA) is 54.5 Å². The van der Waals surface area contributed by atoms with Gasteiger partial charge in [0.2, 0.25) is 5.91 Å². The second-order valence-electron chi connectivity index (χ2n) is 4.14. The number of amides is 1. The largest absolute Gasteiger partial charge is 0.342 e. The summed E-state index contributed by atoms with van der Waals surface area (Å²) in [7, 11) is -3.30. The molecule has 0 aromatic carbocycles. The summed E-state index contributed by atoms with van der Waals surface area (Å²) in [6, 6.07) is 0. The average Bonchev–Trinajstić information content (AvgIpc) is 2.44. The molecule has 1 saturated heterocycles. The van der Waals surface area contributed by atoms with Crippen LogP contribution in [-0.2, 0) is 14.6 Å². The Morgan fingerprint density at radius 3 is 2.25 bits per heavy atom. The lowest BCUT2D eigenvalue weighted by Gasteiger charge is -2.19. The number of rotatable bonds is 4. The third-order valence-corrected chi connectivity index (χ3v) is 4.10. The highest BCUT2D eigenvalue weighted by atomic mass is 32.2. The molecular formula is C11H19NO3S. The van der Waals surface area contributed by atoms with E-state index in [0.717, 1.165) is 25.7 Å². The lowest BCUT2D eigenvalue weighted by molar-refractivity contribution is -0.128.